The van der Waals surface area contributed by atoms with Crippen molar-refractivity contribution >= 4 is 51.2 Å². The van der Waals surface area contributed by atoms with Crippen molar-refractivity contribution in [2.45, 2.75) is 127 Å². The predicted molar refractivity (Wildman–Crippen MR) is 216 cm³/mol. The van der Waals surface area contributed by atoms with E-state index in [1.165, 1.54) is 16.2 Å². The molecule has 3 N–H and O–H groups in total. The van der Waals surface area contributed by atoms with Crippen LogP contribution in [0.15, 0.2) is 41.8 Å². The average molecular weight is 803 g/mol. The number of hydrogen-bond acceptors (Lipinski definition) is 12. The van der Waals surface area contributed by atoms with Crippen molar-refractivity contribution in [2.75, 3.05) is 25.6 Å². The lowest BCUT2D eigenvalue weighted by atomic mass is 10.0. The van der Waals surface area contributed by atoms with Gasteiger partial charge in [0.25, 0.3) is 0 Å². The maximum absolute atomic E-state index is 14.7. The highest BCUT2D eigenvalue weighted by Gasteiger charge is 2.62. The number of nitrogens with zero attached hydrogens (tertiary/aromatic N) is 3. The first-order valence-corrected chi connectivity index (χ1v) is 21.3. The van der Waals surface area contributed by atoms with E-state index in [1.807, 2.05) is 49.6 Å². The number of ether oxygens (including phenoxy) is 4. The van der Waals surface area contributed by atoms with Crippen molar-refractivity contribution in [1.82, 2.24) is 25.5 Å². The Morgan fingerprint density at radius 3 is 2.61 bits per heavy atom. The number of carbonyl (C=O) groups excluding carboxylic acids is 4. The Hall–Kier alpha value is -4.92. The number of thiazole rings is 1. The molecule has 1 saturated heterocycles. The van der Waals surface area contributed by atoms with E-state index in [0.717, 1.165) is 55.5 Å². The van der Waals surface area contributed by atoms with E-state index in [-0.39, 0.29) is 37.6 Å². The first-order valence-electron chi connectivity index (χ1n) is 20.4. The number of aromatic nitrogens is 2. The van der Waals surface area contributed by atoms with Crippen LogP contribution in [0.4, 0.5) is 9.93 Å². The van der Waals surface area contributed by atoms with Crippen LogP contribution in [0.1, 0.15) is 91.4 Å². The third kappa shape index (κ3) is 9.29. The normalized spacial score (nSPS) is 26.1. The van der Waals surface area contributed by atoms with Crippen molar-refractivity contribution < 1.29 is 38.1 Å². The number of esters is 1. The van der Waals surface area contributed by atoms with Crippen LogP contribution in [0.25, 0.3) is 22.3 Å². The summed E-state index contributed by atoms with van der Waals surface area (Å²) in [4.78, 5) is 66.9. The first-order chi connectivity index (χ1) is 27.6. The molecule has 0 bridgehead atoms. The van der Waals surface area contributed by atoms with Crippen LogP contribution in [-0.2, 0) is 23.9 Å². The van der Waals surface area contributed by atoms with Crippen molar-refractivity contribution in [3.8, 4) is 22.9 Å². The van der Waals surface area contributed by atoms with E-state index in [1.54, 1.807) is 14.0 Å². The Kier molecular flexibility index (Phi) is 12.5. The van der Waals surface area contributed by atoms with Gasteiger partial charge in [0.15, 0.2) is 5.13 Å². The minimum Gasteiger partial charge on any atom is -0.497 e. The van der Waals surface area contributed by atoms with Gasteiger partial charge in [0.2, 0.25) is 11.8 Å². The van der Waals surface area contributed by atoms with Crippen LogP contribution in [0.3, 0.4) is 0 Å². The van der Waals surface area contributed by atoms with Crippen LogP contribution >= 0.6 is 11.3 Å². The van der Waals surface area contributed by atoms with Gasteiger partial charge in [-0.1, -0.05) is 25.0 Å². The van der Waals surface area contributed by atoms with Crippen molar-refractivity contribution in [3.63, 3.8) is 0 Å². The van der Waals surface area contributed by atoms with Gasteiger partial charge in [0.1, 0.15) is 47.0 Å². The maximum Gasteiger partial charge on any atom is 0.408 e. The number of anilines is 1. The Labute approximate surface area is 337 Å². The minimum atomic E-state index is -1.22. The molecule has 15 heteroatoms. The van der Waals surface area contributed by atoms with Gasteiger partial charge >= 0.3 is 12.1 Å². The monoisotopic (exact) mass is 802 g/mol. The number of benzene rings is 1. The summed E-state index contributed by atoms with van der Waals surface area (Å²) in [5, 5.41) is 12.7. The Morgan fingerprint density at radius 1 is 1.04 bits per heavy atom. The number of pyridine rings is 1. The van der Waals surface area contributed by atoms with Gasteiger partial charge in [-0.25, -0.2) is 19.6 Å². The summed E-state index contributed by atoms with van der Waals surface area (Å²) in [5.41, 5.74) is 0.674. The molecule has 14 nitrogen and oxygen atoms in total. The fourth-order valence-corrected chi connectivity index (χ4v) is 8.99. The van der Waals surface area contributed by atoms with E-state index in [9.17, 15) is 19.2 Å². The Balaban J connectivity index is 1.21. The molecule has 7 rings (SSSR count). The fourth-order valence-electron chi connectivity index (χ4n) is 8.14. The predicted octanol–water partition coefficient (Wildman–Crippen LogP) is 6.53. The third-order valence-corrected chi connectivity index (χ3v) is 12.0. The van der Waals surface area contributed by atoms with Gasteiger partial charge < -0.3 is 39.8 Å². The first kappa shape index (κ1) is 40.3. The molecule has 4 heterocycles. The highest BCUT2D eigenvalue weighted by atomic mass is 32.1. The van der Waals surface area contributed by atoms with Gasteiger partial charge in [-0.15, -0.1) is 11.3 Å². The molecule has 57 heavy (non-hydrogen) atoms. The molecule has 1 aromatic carbocycles. The molecule has 2 saturated carbocycles. The standard InChI is InChI=1S/C42H54N6O8S/c1-5-54-39(51)42-22-26(42)13-9-7-6-8-10-16-31(46-41(52)56-27-14-11-12-15-27)38(50)48-23-29(20-35(48)37(49)47-42)55-36-21-33(34-24-57-40(45-34)43-25(2)3)44-32-19-28(53-4)17-18-30(32)36/h9,13,17-19,21,24-27,29,31,35H,5-8,10-12,14-16,20,22-23H2,1-4H3,(H,43,45)(H,46,52)(H,47,49)/b13-9-/t26?,29-,31+,35+,42-/m1/s1. The highest BCUT2D eigenvalue weighted by Crippen LogP contribution is 2.46. The van der Waals surface area contributed by atoms with E-state index in [4.69, 9.17) is 28.9 Å². The summed E-state index contributed by atoms with van der Waals surface area (Å²) < 4.78 is 23.5. The number of amides is 3. The summed E-state index contributed by atoms with van der Waals surface area (Å²) in [6.45, 7) is 6.07. The second-order valence-electron chi connectivity index (χ2n) is 15.8. The minimum absolute atomic E-state index is 0.0664. The number of nitrogens with one attached hydrogen (secondary N) is 3. The summed E-state index contributed by atoms with van der Waals surface area (Å²) >= 11 is 1.48. The van der Waals surface area contributed by atoms with Crippen LogP contribution in [0.5, 0.6) is 11.5 Å². The molecule has 3 amide bonds. The SMILES string of the molecule is CCOC(=O)[C@@]12CC1/C=C\CCCCC[C@H](NC(=O)OC1CCCC1)C(=O)N1C[C@H](Oc3cc(-c4csc(NC(C)C)n4)nc4cc(OC)ccc34)C[C@H]1C(=O)N2. The Morgan fingerprint density at radius 2 is 1.84 bits per heavy atom. The van der Waals surface area contributed by atoms with Gasteiger partial charge in [0.05, 0.1) is 31.5 Å². The van der Waals surface area contributed by atoms with E-state index < -0.39 is 47.6 Å². The van der Waals surface area contributed by atoms with Gasteiger partial charge in [0, 0.05) is 41.3 Å². The average Bonchev–Trinajstić information content (AvgIpc) is 3.62. The second kappa shape index (κ2) is 17.7. The molecule has 0 spiro atoms. The van der Waals surface area contributed by atoms with Gasteiger partial charge in [-0.3, -0.25) is 9.59 Å². The van der Waals surface area contributed by atoms with E-state index in [0.29, 0.717) is 47.7 Å². The highest BCUT2D eigenvalue weighted by molar-refractivity contribution is 7.14. The summed E-state index contributed by atoms with van der Waals surface area (Å²) in [5.74, 6) is -0.444. The van der Waals surface area contributed by atoms with Crippen LogP contribution in [0, 0.1) is 5.92 Å². The molecule has 1 unspecified atom stereocenters. The van der Waals surface area contributed by atoms with Gasteiger partial charge in [-0.2, -0.15) is 0 Å². The smallest absolute Gasteiger partial charge is 0.408 e. The second-order valence-corrected chi connectivity index (χ2v) is 16.6. The molecule has 5 atom stereocenters. The number of fused-ring (bicyclic) bond motifs is 3. The zero-order chi connectivity index (χ0) is 40.1. The number of methoxy groups -OCH3 is 1. The van der Waals surface area contributed by atoms with E-state index in [2.05, 4.69) is 22.0 Å². The van der Waals surface area contributed by atoms with Gasteiger partial charge in [-0.05, 0) is 84.3 Å². The fraction of sp³-hybridized carbons (Fsp3) is 0.571. The lowest BCUT2D eigenvalue weighted by molar-refractivity contribution is -0.150. The third-order valence-electron chi connectivity index (χ3n) is 11.2. The number of alkyl carbamates (subject to hydrolysis) is 1. The largest absolute Gasteiger partial charge is 0.497 e. The molecule has 4 aliphatic rings. The molecule has 3 aromatic rings. The quantitative estimate of drug-likeness (QED) is 0.150. The topological polar surface area (TPSA) is 170 Å². The maximum atomic E-state index is 14.7. The summed E-state index contributed by atoms with van der Waals surface area (Å²) in [6, 6.07) is 5.66. The Bertz CT molecular complexity index is 1980. The molecule has 2 aliphatic carbocycles. The molecule has 0 radical (unpaired) electrons. The van der Waals surface area contributed by atoms with E-state index >= 15 is 0 Å². The summed E-state index contributed by atoms with van der Waals surface area (Å²) in [6.07, 6.45) is 10.3. The van der Waals surface area contributed by atoms with Crippen LogP contribution < -0.4 is 25.4 Å². The number of rotatable bonds is 10. The zero-order valence-electron chi connectivity index (χ0n) is 33.2. The zero-order valence-corrected chi connectivity index (χ0v) is 34.0. The molecule has 3 fully saturated rings. The molecular weight excluding hydrogens is 749 g/mol. The van der Waals surface area contributed by atoms with Crippen molar-refractivity contribution in [3.05, 3.63) is 41.8 Å². The lowest BCUT2D eigenvalue weighted by Crippen LogP contribution is -2.56. The van der Waals surface area contributed by atoms with Crippen LogP contribution in [-0.4, -0.2) is 94.9 Å². The lowest BCUT2D eigenvalue weighted by Gasteiger charge is -2.29. The number of hydrogen-bond donors (Lipinski definition) is 3. The molecule has 2 aromatic heterocycles. The summed E-state index contributed by atoms with van der Waals surface area (Å²) in [7, 11) is 1.59. The van der Waals surface area contributed by atoms with Crippen LogP contribution in [0.2, 0.25) is 0 Å². The molecule has 2 aliphatic heterocycles. The molecular formula is C42H54N6O8S. The molecule has 306 valence electrons. The van der Waals surface area contributed by atoms with Crippen molar-refractivity contribution in [1.29, 1.82) is 0 Å². The number of carbonyl (C=O) groups is 4. The van der Waals surface area contributed by atoms with Crippen molar-refractivity contribution in [2.24, 2.45) is 5.92 Å². The number of allylic oxidation sites excluding steroid dienone is 1.